The lowest BCUT2D eigenvalue weighted by Crippen LogP contribution is -1.99. The number of hydrogen-bond acceptors (Lipinski definition) is 2. The number of nitrogens with zero attached hydrogens (tertiary/aromatic N) is 4. The summed E-state index contributed by atoms with van der Waals surface area (Å²) in [6.45, 7) is 0. The summed E-state index contributed by atoms with van der Waals surface area (Å²) in [5.74, 6) is 0. The molecule has 0 spiro atoms. The van der Waals surface area contributed by atoms with Crippen LogP contribution in [0.2, 0.25) is 0 Å². The molecule has 0 radical (unpaired) electrons. The summed E-state index contributed by atoms with van der Waals surface area (Å²) in [5.41, 5.74) is 9.68. The van der Waals surface area contributed by atoms with Gasteiger partial charge in [-0.3, -0.25) is 0 Å². The maximum absolute atomic E-state index is 9.81. The van der Waals surface area contributed by atoms with Crippen molar-refractivity contribution in [3.05, 3.63) is 145 Å². The fourth-order valence-corrected chi connectivity index (χ4v) is 6.32. The van der Waals surface area contributed by atoms with Crippen LogP contribution in [0.3, 0.4) is 0 Å². The molecule has 6 aromatic carbocycles. The predicted molar refractivity (Wildman–Crippen MR) is 170 cm³/mol. The van der Waals surface area contributed by atoms with E-state index >= 15 is 0 Å². The Balaban J connectivity index is 1.35. The van der Waals surface area contributed by atoms with Gasteiger partial charge in [0.25, 0.3) is 0 Å². The van der Waals surface area contributed by atoms with Crippen LogP contribution in [-0.4, -0.2) is 9.13 Å². The molecule has 194 valence electrons. The molecule has 8 rings (SSSR count). The average Bonchev–Trinajstić information content (AvgIpc) is 3.57. The maximum atomic E-state index is 9.81. The average molecular weight is 535 g/mol. The fraction of sp³-hybridized carbons (Fsp3) is 0. The van der Waals surface area contributed by atoms with E-state index in [-0.39, 0.29) is 0 Å². The molecule has 0 bridgehead atoms. The first-order valence-corrected chi connectivity index (χ1v) is 13.8. The van der Waals surface area contributed by atoms with Gasteiger partial charge in [-0.2, -0.15) is 10.5 Å². The topological polar surface area (TPSA) is 57.4 Å². The number of fused-ring (bicyclic) bond motifs is 6. The van der Waals surface area contributed by atoms with Crippen LogP contribution in [0.1, 0.15) is 11.1 Å². The Morgan fingerprint density at radius 1 is 0.429 bits per heavy atom. The van der Waals surface area contributed by atoms with Crippen LogP contribution >= 0.6 is 0 Å². The molecule has 0 unspecified atom stereocenters. The van der Waals surface area contributed by atoms with Gasteiger partial charge in [0.05, 0.1) is 51.0 Å². The van der Waals surface area contributed by atoms with E-state index in [1.165, 1.54) is 21.8 Å². The zero-order valence-electron chi connectivity index (χ0n) is 22.5. The predicted octanol–water partition coefficient (Wildman–Crippen LogP) is 9.29. The molecule has 0 aliphatic carbocycles. The highest BCUT2D eigenvalue weighted by atomic mass is 15.0. The molecule has 0 aliphatic rings. The van der Waals surface area contributed by atoms with E-state index in [0.29, 0.717) is 11.1 Å². The van der Waals surface area contributed by atoms with Crippen LogP contribution in [-0.2, 0) is 0 Å². The normalized spacial score (nSPS) is 11.3. The van der Waals surface area contributed by atoms with Crippen LogP contribution < -0.4 is 0 Å². The van der Waals surface area contributed by atoms with Gasteiger partial charge in [-0.05, 0) is 72.3 Å². The molecule has 0 saturated carbocycles. The Hall–Kier alpha value is -6.10. The lowest BCUT2D eigenvalue weighted by atomic mass is 10.00. The van der Waals surface area contributed by atoms with Crippen molar-refractivity contribution in [3.63, 3.8) is 0 Å². The van der Waals surface area contributed by atoms with Gasteiger partial charge < -0.3 is 9.13 Å². The minimum Gasteiger partial charge on any atom is -0.309 e. The molecule has 0 N–H and O–H groups in total. The Kier molecular flexibility index (Phi) is 5.22. The van der Waals surface area contributed by atoms with Gasteiger partial charge in [0.2, 0.25) is 0 Å². The number of aromatic nitrogens is 2. The summed E-state index contributed by atoms with van der Waals surface area (Å²) in [6.07, 6.45) is 0. The first-order valence-electron chi connectivity index (χ1n) is 13.8. The number of rotatable bonds is 3. The van der Waals surface area contributed by atoms with Crippen LogP contribution in [0.5, 0.6) is 0 Å². The van der Waals surface area contributed by atoms with Gasteiger partial charge in [0.15, 0.2) is 0 Å². The Morgan fingerprint density at radius 2 is 0.929 bits per heavy atom. The number of benzene rings is 6. The number of nitriles is 2. The Bertz CT molecular complexity index is 2370. The van der Waals surface area contributed by atoms with Gasteiger partial charge in [0, 0.05) is 32.8 Å². The maximum Gasteiger partial charge on any atom is 0.0991 e. The minimum absolute atomic E-state index is 0.604. The van der Waals surface area contributed by atoms with Gasteiger partial charge in [0.1, 0.15) is 0 Å². The van der Waals surface area contributed by atoms with E-state index in [9.17, 15) is 10.5 Å². The van der Waals surface area contributed by atoms with Crippen molar-refractivity contribution >= 4 is 43.6 Å². The zero-order valence-corrected chi connectivity index (χ0v) is 22.5. The molecule has 0 saturated heterocycles. The standard InChI is InChI=1S/C38H22N4/c39-23-25-13-19-37(42-36-12-6-3-9-31(36)33-22-26(24-40)14-20-38(33)42)32(21-25)27-15-17-28(18-16-27)41-34-10-4-1-7-29(34)30-8-2-5-11-35(30)41/h1-22H. The highest BCUT2D eigenvalue weighted by Crippen LogP contribution is 2.38. The second kappa shape index (κ2) is 9.24. The molecule has 4 nitrogen and oxygen atoms in total. The Morgan fingerprint density at radius 3 is 1.55 bits per heavy atom. The molecule has 0 fully saturated rings. The molecule has 0 aliphatic heterocycles. The van der Waals surface area contributed by atoms with E-state index in [0.717, 1.165) is 44.3 Å². The van der Waals surface area contributed by atoms with Crippen molar-refractivity contribution < 1.29 is 0 Å². The highest BCUT2D eigenvalue weighted by Gasteiger charge is 2.17. The summed E-state index contributed by atoms with van der Waals surface area (Å²) in [6, 6.07) is 50.2. The van der Waals surface area contributed by atoms with Crippen molar-refractivity contribution in [2.75, 3.05) is 0 Å². The number of para-hydroxylation sites is 3. The monoisotopic (exact) mass is 534 g/mol. The third-order valence-corrected chi connectivity index (χ3v) is 8.18. The number of hydrogen-bond donors (Lipinski definition) is 0. The molecule has 8 aromatic rings. The third-order valence-electron chi connectivity index (χ3n) is 8.18. The smallest absolute Gasteiger partial charge is 0.0991 e. The second-order valence-electron chi connectivity index (χ2n) is 10.5. The summed E-state index contributed by atoms with van der Waals surface area (Å²) in [7, 11) is 0. The van der Waals surface area contributed by atoms with Crippen molar-refractivity contribution in [1.29, 1.82) is 10.5 Å². The van der Waals surface area contributed by atoms with Gasteiger partial charge in [-0.15, -0.1) is 0 Å². The summed E-state index contributed by atoms with van der Waals surface area (Å²) >= 11 is 0. The molecule has 42 heavy (non-hydrogen) atoms. The molecule has 0 amide bonds. The first-order chi connectivity index (χ1) is 20.7. The van der Waals surface area contributed by atoms with Crippen LogP contribution in [0.15, 0.2) is 133 Å². The molecule has 0 atom stereocenters. The summed E-state index contributed by atoms with van der Waals surface area (Å²) in [5, 5.41) is 23.9. The van der Waals surface area contributed by atoms with Gasteiger partial charge in [-0.25, -0.2) is 0 Å². The van der Waals surface area contributed by atoms with Crippen molar-refractivity contribution in [3.8, 4) is 34.6 Å². The zero-order chi connectivity index (χ0) is 28.2. The third kappa shape index (κ3) is 3.47. The van der Waals surface area contributed by atoms with Crippen molar-refractivity contribution in [1.82, 2.24) is 9.13 Å². The molecular weight excluding hydrogens is 512 g/mol. The minimum atomic E-state index is 0.604. The molecular formula is C38H22N4. The van der Waals surface area contributed by atoms with Crippen LogP contribution in [0.4, 0.5) is 0 Å². The van der Waals surface area contributed by atoms with E-state index < -0.39 is 0 Å². The van der Waals surface area contributed by atoms with Crippen LogP contribution in [0.25, 0.3) is 66.1 Å². The lowest BCUT2D eigenvalue weighted by molar-refractivity contribution is 1.17. The van der Waals surface area contributed by atoms with Crippen molar-refractivity contribution in [2.45, 2.75) is 0 Å². The van der Waals surface area contributed by atoms with E-state index in [1.807, 2.05) is 48.5 Å². The molecule has 2 heterocycles. The van der Waals surface area contributed by atoms with Crippen molar-refractivity contribution in [2.24, 2.45) is 0 Å². The quantitative estimate of drug-likeness (QED) is 0.227. The largest absolute Gasteiger partial charge is 0.309 e. The molecule has 2 aromatic heterocycles. The fourth-order valence-electron chi connectivity index (χ4n) is 6.32. The van der Waals surface area contributed by atoms with E-state index in [2.05, 4.69) is 106 Å². The summed E-state index contributed by atoms with van der Waals surface area (Å²) < 4.78 is 4.55. The summed E-state index contributed by atoms with van der Waals surface area (Å²) in [4.78, 5) is 0. The molecule has 4 heteroatoms. The van der Waals surface area contributed by atoms with Gasteiger partial charge >= 0.3 is 0 Å². The van der Waals surface area contributed by atoms with E-state index in [1.54, 1.807) is 0 Å². The second-order valence-corrected chi connectivity index (χ2v) is 10.5. The first kappa shape index (κ1) is 23.8. The van der Waals surface area contributed by atoms with E-state index in [4.69, 9.17) is 0 Å². The Labute approximate surface area is 242 Å². The lowest BCUT2D eigenvalue weighted by Gasteiger charge is -2.15. The van der Waals surface area contributed by atoms with Gasteiger partial charge in [-0.1, -0.05) is 66.7 Å². The SMILES string of the molecule is N#Cc1ccc(-n2c3ccccc3c3cc(C#N)ccc32)c(-c2ccc(-n3c4ccccc4c4ccccc43)cc2)c1. The van der Waals surface area contributed by atoms with Crippen LogP contribution in [0, 0.1) is 22.7 Å². The highest BCUT2D eigenvalue weighted by molar-refractivity contribution is 6.11.